The summed E-state index contributed by atoms with van der Waals surface area (Å²) in [6.45, 7) is 17.3. The van der Waals surface area contributed by atoms with Crippen LogP contribution in [0.15, 0.2) is 30.3 Å². The standard InChI is InChI=1S/C24H30O2/c1-14-9-10-15(2)17(11-14)20-18-12-16(23(3,4)5)13-19(24(6,7)8)21(18)26-22(20)25/h9-13,20H,1-8H3. The SMILES string of the molecule is Cc1ccc(C)c(C2C(=O)Oc3c2cc(C(C)(C)C)cc3C(C)(C)C)c1. The summed E-state index contributed by atoms with van der Waals surface area (Å²) in [5, 5.41) is 0. The van der Waals surface area contributed by atoms with Crippen molar-refractivity contribution in [1.82, 2.24) is 0 Å². The van der Waals surface area contributed by atoms with Gasteiger partial charge in [-0.3, -0.25) is 4.79 Å². The maximum Gasteiger partial charge on any atom is 0.323 e. The lowest BCUT2D eigenvalue weighted by Crippen LogP contribution is -2.17. The van der Waals surface area contributed by atoms with Gasteiger partial charge in [0.05, 0.1) is 0 Å². The molecule has 2 aromatic rings. The highest BCUT2D eigenvalue weighted by atomic mass is 16.5. The molecule has 2 heteroatoms. The van der Waals surface area contributed by atoms with E-state index in [1.807, 2.05) is 0 Å². The third-order valence-electron chi connectivity index (χ3n) is 5.29. The van der Waals surface area contributed by atoms with Crippen LogP contribution < -0.4 is 4.74 Å². The molecule has 0 saturated heterocycles. The van der Waals surface area contributed by atoms with E-state index >= 15 is 0 Å². The molecule has 1 aliphatic heterocycles. The molecular weight excluding hydrogens is 320 g/mol. The molecule has 0 amide bonds. The van der Waals surface area contributed by atoms with Gasteiger partial charge in [-0.25, -0.2) is 0 Å². The highest BCUT2D eigenvalue weighted by Gasteiger charge is 2.40. The summed E-state index contributed by atoms with van der Waals surface area (Å²) in [6.07, 6.45) is 0. The van der Waals surface area contributed by atoms with E-state index < -0.39 is 0 Å². The molecule has 2 nitrogen and oxygen atoms in total. The van der Waals surface area contributed by atoms with Crippen LogP contribution >= 0.6 is 0 Å². The van der Waals surface area contributed by atoms with Crippen LogP contribution in [-0.4, -0.2) is 5.97 Å². The molecule has 0 N–H and O–H groups in total. The number of carbonyl (C=O) groups is 1. The molecule has 3 rings (SSSR count). The molecule has 138 valence electrons. The van der Waals surface area contributed by atoms with Gasteiger partial charge < -0.3 is 4.74 Å². The van der Waals surface area contributed by atoms with Crippen LogP contribution in [0.4, 0.5) is 0 Å². The van der Waals surface area contributed by atoms with Crippen molar-refractivity contribution in [1.29, 1.82) is 0 Å². The number of carbonyl (C=O) groups excluding carboxylic acids is 1. The van der Waals surface area contributed by atoms with Crippen molar-refractivity contribution >= 4 is 5.97 Å². The van der Waals surface area contributed by atoms with E-state index in [1.54, 1.807) is 0 Å². The Morgan fingerprint density at radius 1 is 0.846 bits per heavy atom. The molecule has 26 heavy (non-hydrogen) atoms. The Kier molecular flexibility index (Phi) is 4.29. The second-order valence-corrected chi connectivity index (χ2v) is 9.66. The molecule has 0 fully saturated rings. The predicted octanol–water partition coefficient (Wildman–Crippen LogP) is 5.95. The van der Waals surface area contributed by atoms with Crippen molar-refractivity contribution in [2.24, 2.45) is 0 Å². The van der Waals surface area contributed by atoms with E-state index in [0.29, 0.717) is 0 Å². The molecule has 0 saturated carbocycles. The first-order valence-corrected chi connectivity index (χ1v) is 9.37. The Morgan fingerprint density at radius 2 is 1.50 bits per heavy atom. The maximum absolute atomic E-state index is 12.9. The molecule has 0 bridgehead atoms. The van der Waals surface area contributed by atoms with Gasteiger partial charge in [-0.05, 0) is 41.4 Å². The van der Waals surface area contributed by atoms with Gasteiger partial charge in [0.15, 0.2) is 0 Å². The first-order chi connectivity index (χ1) is 11.9. The maximum atomic E-state index is 12.9. The second kappa shape index (κ2) is 5.97. The predicted molar refractivity (Wildman–Crippen MR) is 107 cm³/mol. The number of rotatable bonds is 1. The monoisotopic (exact) mass is 350 g/mol. The van der Waals surface area contributed by atoms with Gasteiger partial charge in [-0.1, -0.05) is 77.4 Å². The first kappa shape index (κ1) is 18.7. The van der Waals surface area contributed by atoms with Crippen LogP contribution in [0.2, 0.25) is 0 Å². The van der Waals surface area contributed by atoms with Crippen LogP contribution in [-0.2, 0) is 15.6 Å². The Hall–Kier alpha value is -2.09. The average Bonchev–Trinajstić information content (AvgIpc) is 2.82. The van der Waals surface area contributed by atoms with Gasteiger partial charge in [0, 0.05) is 11.1 Å². The van der Waals surface area contributed by atoms with Gasteiger partial charge in [-0.2, -0.15) is 0 Å². The zero-order valence-corrected chi connectivity index (χ0v) is 17.3. The van der Waals surface area contributed by atoms with Crippen LogP contribution in [0.3, 0.4) is 0 Å². The van der Waals surface area contributed by atoms with Crippen molar-refractivity contribution in [3.63, 3.8) is 0 Å². The Morgan fingerprint density at radius 3 is 2.08 bits per heavy atom. The van der Waals surface area contributed by atoms with E-state index in [1.165, 1.54) is 5.56 Å². The topological polar surface area (TPSA) is 26.3 Å². The molecule has 2 aromatic carbocycles. The molecule has 0 radical (unpaired) electrons. The molecule has 1 unspecified atom stereocenters. The van der Waals surface area contributed by atoms with E-state index in [-0.39, 0.29) is 22.7 Å². The Bertz CT molecular complexity index is 876. The lowest BCUT2D eigenvalue weighted by molar-refractivity contribution is -0.133. The lowest BCUT2D eigenvalue weighted by Gasteiger charge is -2.27. The Labute approximate surface area is 157 Å². The minimum atomic E-state index is -0.340. The third-order valence-corrected chi connectivity index (χ3v) is 5.29. The largest absolute Gasteiger partial charge is 0.425 e. The lowest BCUT2D eigenvalue weighted by atomic mass is 9.77. The summed E-state index contributed by atoms with van der Waals surface area (Å²) in [6, 6.07) is 10.7. The van der Waals surface area contributed by atoms with E-state index in [4.69, 9.17) is 4.74 Å². The molecular formula is C24H30O2. The summed E-state index contributed by atoms with van der Waals surface area (Å²) >= 11 is 0. The van der Waals surface area contributed by atoms with Gasteiger partial charge in [-0.15, -0.1) is 0 Å². The van der Waals surface area contributed by atoms with Gasteiger partial charge in [0.1, 0.15) is 11.7 Å². The number of esters is 1. The fourth-order valence-corrected chi connectivity index (χ4v) is 3.62. The van der Waals surface area contributed by atoms with Gasteiger partial charge in [0.25, 0.3) is 0 Å². The van der Waals surface area contributed by atoms with Crippen molar-refractivity contribution < 1.29 is 9.53 Å². The smallest absolute Gasteiger partial charge is 0.323 e. The number of hydrogen-bond acceptors (Lipinski definition) is 2. The zero-order chi connectivity index (χ0) is 19.4. The molecule has 1 atom stereocenters. The molecule has 1 heterocycles. The van der Waals surface area contributed by atoms with E-state index in [9.17, 15) is 4.79 Å². The number of hydrogen-bond donors (Lipinski definition) is 0. The highest BCUT2D eigenvalue weighted by molar-refractivity contribution is 5.91. The second-order valence-electron chi connectivity index (χ2n) is 9.66. The zero-order valence-electron chi connectivity index (χ0n) is 17.3. The van der Waals surface area contributed by atoms with Crippen molar-refractivity contribution in [3.05, 3.63) is 63.7 Å². The fraction of sp³-hybridized carbons (Fsp3) is 0.458. The average molecular weight is 351 g/mol. The number of aryl methyl sites for hydroxylation is 2. The van der Waals surface area contributed by atoms with Gasteiger partial charge >= 0.3 is 5.97 Å². The minimum absolute atomic E-state index is 0.00681. The summed E-state index contributed by atoms with van der Waals surface area (Å²) < 4.78 is 5.86. The summed E-state index contributed by atoms with van der Waals surface area (Å²) in [5.74, 6) is 0.264. The van der Waals surface area contributed by atoms with Crippen molar-refractivity contribution in [3.8, 4) is 5.75 Å². The molecule has 0 aliphatic carbocycles. The van der Waals surface area contributed by atoms with Gasteiger partial charge in [0.2, 0.25) is 0 Å². The fourth-order valence-electron chi connectivity index (χ4n) is 3.62. The Balaban J connectivity index is 2.30. The normalized spacial score (nSPS) is 17.2. The van der Waals surface area contributed by atoms with Crippen molar-refractivity contribution in [2.45, 2.75) is 72.1 Å². The van der Waals surface area contributed by atoms with Crippen LogP contribution in [0.1, 0.15) is 80.8 Å². The number of fused-ring (bicyclic) bond motifs is 1. The minimum Gasteiger partial charge on any atom is -0.425 e. The molecule has 0 spiro atoms. The molecule has 0 aromatic heterocycles. The van der Waals surface area contributed by atoms with Crippen LogP contribution in [0, 0.1) is 13.8 Å². The van der Waals surface area contributed by atoms with Crippen molar-refractivity contribution in [2.75, 3.05) is 0 Å². The first-order valence-electron chi connectivity index (χ1n) is 9.37. The van der Waals surface area contributed by atoms with Crippen LogP contribution in [0.5, 0.6) is 5.75 Å². The molecule has 1 aliphatic rings. The summed E-state index contributed by atoms with van der Waals surface area (Å²) in [5.41, 5.74) is 6.63. The summed E-state index contributed by atoms with van der Waals surface area (Å²) in [4.78, 5) is 12.9. The third kappa shape index (κ3) is 3.18. The summed E-state index contributed by atoms with van der Waals surface area (Å²) in [7, 11) is 0. The number of benzene rings is 2. The number of ether oxygens (including phenoxy) is 1. The van der Waals surface area contributed by atoms with E-state index in [0.717, 1.165) is 33.6 Å². The quantitative estimate of drug-likeness (QED) is 0.469. The van der Waals surface area contributed by atoms with E-state index in [2.05, 4.69) is 85.7 Å². The highest BCUT2D eigenvalue weighted by Crippen LogP contribution is 2.47. The van der Waals surface area contributed by atoms with Crippen LogP contribution in [0.25, 0.3) is 0 Å².